The Morgan fingerprint density at radius 2 is 2.00 bits per heavy atom. The number of nitrogens with one attached hydrogen (secondary N) is 1. The molecule has 18 heavy (non-hydrogen) atoms. The van der Waals surface area contributed by atoms with Gasteiger partial charge in [0.1, 0.15) is 0 Å². The minimum atomic E-state index is 0.247. The minimum Gasteiger partial charge on any atom is -0.379 e. The van der Waals surface area contributed by atoms with E-state index in [0.717, 1.165) is 19.3 Å². The van der Waals surface area contributed by atoms with Crippen LogP contribution in [0.1, 0.15) is 50.3 Å². The second-order valence-electron chi connectivity index (χ2n) is 4.82. The van der Waals surface area contributed by atoms with Gasteiger partial charge in [-0.2, -0.15) is 0 Å². The molecule has 0 heterocycles. The average molecular weight is 249 g/mol. The van der Waals surface area contributed by atoms with Gasteiger partial charge in [-0.25, -0.2) is 0 Å². The summed E-state index contributed by atoms with van der Waals surface area (Å²) in [5, 5.41) is 3.40. The van der Waals surface area contributed by atoms with Crippen LogP contribution in [0.3, 0.4) is 0 Å². The van der Waals surface area contributed by atoms with E-state index in [1.54, 1.807) is 7.11 Å². The van der Waals surface area contributed by atoms with Crippen LogP contribution in [0, 0.1) is 0 Å². The van der Waals surface area contributed by atoms with Gasteiger partial charge < -0.3 is 10.1 Å². The predicted octanol–water partition coefficient (Wildman–Crippen LogP) is 3.71. The second-order valence-corrected chi connectivity index (χ2v) is 4.82. The molecule has 0 saturated heterocycles. The molecule has 1 N–H and O–H groups in total. The molecule has 0 saturated carbocycles. The van der Waals surface area contributed by atoms with Crippen LogP contribution in [-0.2, 0) is 11.2 Å². The highest BCUT2D eigenvalue weighted by Crippen LogP contribution is 2.23. The van der Waals surface area contributed by atoms with Crippen LogP contribution in [-0.4, -0.2) is 20.3 Å². The standard InChI is InChI=1S/C16H27NO/c1-5-8-13-10-7-11-14(12-13)16(17-3)15(18-4)9-6-2/h7,10-12,15-17H,5-6,8-9H2,1-4H3. The van der Waals surface area contributed by atoms with Crippen molar-refractivity contribution in [2.75, 3.05) is 14.2 Å². The molecule has 102 valence electrons. The van der Waals surface area contributed by atoms with Gasteiger partial charge in [-0.1, -0.05) is 51.0 Å². The monoisotopic (exact) mass is 249 g/mol. The Labute approximate surface area is 112 Å². The summed E-state index contributed by atoms with van der Waals surface area (Å²) in [7, 11) is 3.82. The van der Waals surface area contributed by atoms with Crippen LogP contribution in [0.4, 0.5) is 0 Å². The van der Waals surface area contributed by atoms with Crippen molar-refractivity contribution >= 4 is 0 Å². The first-order valence-electron chi connectivity index (χ1n) is 7.05. The Balaban J connectivity index is 2.89. The molecular formula is C16H27NO. The maximum Gasteiger partial charge on any atom is 0.0765 e. The van der Waals surface area contributed by atoms with Crippen LogP contribution in [0.5, 0.6) is 0 Å². The molecule has 2 heteroatoms. The molecule has 1 rings (SSSR count). The Hall–Kier alpha value is -0.860. The van der Waals surface area contributed by atoms with Gasteiger partial charge in [0.05, 0.1) is 12.1 Å². The third-order valence-corrected chi connectivity index (χ3v) is 3.41. The zero-order valence-electron chi connectivity index (χ0n) is 12.2. The van der Waals surface area contributed by atoms with Crippen molar-refractivity contribution in [3.05, 3.63) is 35.4 Å². The quantitative estimate of drug-likeness (QED) is 0.758. The number of likely N-dealkylation sites (N-methyl/N-ethyl adjacent to an activating group) is 1. The van der Waals surface area contributed by atoms with Gasteiger partial charge in [-0.3, -0.25) is 0 Å². The maximum atomic E-state index is 5.64. The highest BCUT2D eigenvalue weighted by Gasteiger charge is 2.20. The molecule has 0 aliphatic heterocycles. The predicted molar refractivity (Wildman–Crippen MR) is 77.9 cm³/mol. The normalized spacial score (nSPS) is 14.4. The fourth-order valence-corrected chi connectivity index (χ4v) is 2.50. The third-order valence-electron chi connectivity index (χ3n) is 3.41. The number of methoxy groups -OCH3 is 1. The Morgan fingerprint density at radius 1 is 1.22 bits per heavy atom. The lowest BCUT2D eigenvalue weighted by atomic mass is 9.96. The lowest BCUT2D eigenvalue weighted by Gasteiger charge is -2.26. The van der Waals surface area contributed by atoms with Crippen LogP contribution in [0.25, 0.3) is 0 Å². The Kier molecular flexibility index (Phi) is 6.99. The van der Waals surface area contributed by atoms with E-state index in [1.165, 1.54) is 17.5 Å². The molecule has 2 nitrogen and oxygen atoms in total. The minimum absolute atomic E-state index is 0.247. The van der Waals surface area contributed by atoms with E-state index in [4.69, 9.17) is 4.74 Å². The summed E-state index contributed by atoms with van der Waals surface area (Å²) in [6.45, 7) is 4.42. The summed E-state index contributed by atoms with van der Waals surface area (Å²) >= 11 is 0. The van der Waals surface area contributed by atoms with E-state index in [2.05, 4.69) is 43.4 Å². The molecule has 1 aromatic rings. The highest BCUT2D eigenvalue weighted by atomic mass is 16.5. The third kappa shape index (κ3) is 4.11. The molecule has 0 aromatic heterocycles. The highest BCUT2D eigenvalue weighted by molar-refractivity contribution is 5.27. The summed E-state index contributed by atoms with van der Waals surface area (Å²) in [5.41, 5.74) is 2.75. The van der Waals surface area contributed by atoms with Gasteiger partial charge in [-0.15, -0.1) is 0 Å². The van der Waals surface area contributed by atoms with E-state index < -0.39 is 0 Å². The van der Waals surface area contributed by atoms with Crippen molar-refractivity contribution in [3.63, 3.8) is 0 Å². The van der Waals surface area contributed by atoms with Crippen LogP contribution >= 0.6 is 0 Å². The number of hydrogen-bond acceptors (Lipinski definition) is 2. The second kappa shape index (κ2) is 8.28. The molecule has 0 amide bonds. The van der Waals surface area contributed by atoms with Gasteiger partial charge in [0.25, 0.3) is 0 Å². The Bertz CT molecular complexity index is 338. The molecule has 1 aromatic carbocycles. The molecule has 0 bridgehead atoms. The van der Waals surface area contributed by atoms with E-state index >= 15 is 0 Å². The number of ether oxygens (including phenoxy) is 1. The van der Waals surface area contributed by atoms with Crippen LogP contribution < -0.4 is 5.32 Å². The number of rotatable bonds is 8. The Morgan fingerprint density at radius 3 is 2.56 bits per heavy atom. The molecule has 0 radical (unpaired) electrons. The van der Waals surface area contributed by atoms with Gasteiger partial charge in [0.15, 0.2) is 0 Å². The first-order valence-corrected chi connectivity index (χ1v) is 7.05. The van der Waals surface area contributed by atoms with E-state index in [-0.39, 0.29) is 12.1 Å². The molecule has 0 aliphatic rings. The van der Waals surface area contributed by atoms with Crippen LogP contribution in [0.15, 0.2) is 24.3 Å². The van der Waals surface area contributed by atoms with Crippen molar-refractivity contribution in [1.82, 2.24) is 5.32 Å². The largest absolute Gasteiger partial charge is 0.379 e. The fourth-order valence-electron chi connectivity index (χ4n) is 2.50. The van der Waals surface area contributed by atoms with E-state index in [9.17, 15) is 0 Å². The van der Waals surface area contributed by atoms with Gasteiger partial charge in [0, 0.05) is 7.11 Å². The summed E-state index contributed by atoms with van der Waals surface area (Å²) in [5.74, 6) is 0. The van der Waals surface area contributed by atoms with Gasteiger partial charge in [0.2, 0.25) is 0 Å². The summed E-state index contributed by atoms with van der Waals surface area (Å²) in [6.07, 6.45) is 4.81. The van der Waals surface area contributed by atoms with Gasteiger partial charge in [-0.05, 0) is 31.0 Å². The summed E-state index contributed by atoms with van der Waals surface area (Å²) in [6, 6.07) is 9.16. The maximum absolute atomic E-state index is 5.64. The molecule has 0 spiro atoms. The van der Waals surface area contributed by atoms with Crippen molar-refractivity contribution in [2.24, 2.45) is 0 Å². The lowest BCUT2D eigenvalue weighted by Crippen LogP contribution is -2.31. The van der Waals surface area contributed by atoms with Crippen molar-refractivity contribution in [3.8, 4) is 0 Å². The van der Waals surface area contributed by atoms with E-state index in [1.807, 2.05) is 7.05 Å². The molecule has 0 aliphatic carbocycles. The van der Waals surface area contributed by atoms with Crippen LogP contribution in [0.2, 0.25) is 0 Å². The first-order chi connectivity index (χ1) is 8.76. The summed E-state index contributed by atoms with van der Waals surface area (Å²) < 4.78 is 5.64. The zero-order chi connectivity index (χ0) is 13.4. The zero-order valence-corrected chi connectivity index (χ0v) is 12.2. The molecule has 2 atom stereocenters. The van der Waals surface area contributed by atoms with Crippen molar-refractivity contribution in [1.29, 1.82) is 0 Å². The van der Waals surface area contributed by atoms with Gasteiger partial charge >= 0.3 is 0 Å². The van der Waals surface area contributed by atoms with Crippen molar-refractivity contribution in [2.45, 2.75) is 51.7 Å². The molecule has 2 unspecified atom stereocenters. The topological polar surface area (TPSA) is 21.3 Å². The first kappa shape index (κ1) is 15.2. The molecular weight excluding hydrogens is 222 g/mol. The lowest BCUT2D eigenvalue weighted by molar-refractivity contribution is 0.0630. The summed E-state index contributed by atoms with van der Waals surface area (Å²) in [4.78, 5) is 0. The molecule has 0 fully saturated rings. The van der Waals surface area contributed by atoms with Crippen molar-refractivity contribution < 1.29 is 4.74 Å². The number of aryl methyl sites for hydroxylation is 1. The fraction of sp³-hybridized carbons (Fsp3) is 0.625. The average Bonchev–Trinajstić information content (AvgIpc) is 2.39. The number of hydrogen-bond donors (Lipinski definition) is 1. The van der Waals surface area contributed by atoms with E-state index in [0.29, 0.717) is 0 Å². The number of benzene rings is 1. The smallest absolute Gasteiger partial charge is 0.0765 e. The SMILES string of the molecule is CCCc1cccc(C(NC)C(CCC)OC)c1.